The maximum atomic E-state index is 11.4. The Labute approximate surface area is 98.8 Å². The van der Waals surface area contributed by atoms with Gasteiger partial charge in [-0.3, -0.25) is 0 Å². The van der Waals surface area contributed by atoms with Crippen LogP contribution in [0.1, 0.15) is 16.8 Å². The van der Waals surface area contributed by atoms with Gasteiger partial charge in [-0.2, -0.15) is 0 Å². The average molecular weight is 241 g/mol. The summed E-state index contributed by atoms with van der Waals surface area (Å²) in [4.78, 5) is 12.2. The molecule has 0 unspecified atom stereocenters. The summed E-state index contributed by atoms with van der Waals surface area (Å²) in [6.45, 7) is 0.156. The number of anilines is 1. The quantitative estimate of drug-likeness (QED) is 0.354. The molecule has 5 heteroatoms. The van der Waals surface area contributed by atoms with Gasteiger partial charge in [-0.15, -0.1) is 11.8 Å². The maximum absolute atomic E-state index is 11.4. The molecule has 3 N–H and O–H groups in total. The Morgan fingerprint density at radius 3 is 2.94 bits per heavy atom. The predicted octanol–water partition coefficient (Wildman–Crippen LogP) is 1.53. The zero-order valence-electron chi connectivity index (χ0n) is 9.10. The lowest BCUT2D eigenvalue weighted by Crippen LogP contribution is -2.06. The van der Waals surface area contributed by atoms with Gasteiger partial charge in [0.2, 0.25) is 0 Å². The number of carbonyl (C=O) groups is 1. The number of nitrogens with two attached hydrogens (primary N) is 1. The van der Waals surface area contributed by atoms with Crippen LogP contribution in [-0.4, -0.2) is 30.5 Å². The Morgan fingerprint density at radius 1 is 1.56 bits per heavy atom. The van der Waals surface area contributed by atoms with E-state index in [-0.39, 0.29) is 6.61 Å². The highest BCUT2D eigenvalue weighted by Crippen LogP contribution is 2.28. The van der Waals surface area contributed by atoms with Gasteiger partial charge in [0, 0.05) is 17.3 Å². The molecule has 0 spiro atoms. The van der Waals surface area contributed by atoms with Crippen molar-refractivity contribution in [3.05, 3.63) is 23.8 Å². The van der Waals surface area contributed by atoms with Crippen molar-refractivity contribution in [3.8, 4) is 0 Å². The molecule has 0 amide bonds. The maximum Gasteiger partial charge on any atom is 0.339 e. The number of benzene rings is 1. The summed E-state index contributed by atoms with van der Waals surface area (Å²) in [5, 5.41) is 8.68. The Kier molecular flexibility index (Phi) is 5.14. The zero-order valence-corrected chi connectivity index (χ0v) is 9.92. The lowest BCUT2D eigenvalue weighted by Gasteiger charge is -2.08. The van der Waals surface area contributed by atoms with Crippen LogP contribution < -0.4 is 5.73 Å². The van der Waals surface area contributed by atoms with Crippen molar-refractivity contribution >= 4 is 23.4 Å². The lowest BCUT2D eigenvalue weighted by atomic mass is 10.2. The highest BCUT2D eigenvalue weighted by atomic mass is 32.2. The molecule has 1 rings (SSSR count). The van der Waals surface area contributed by atoms with Crippen molar-refractivity contribution in [3.63, 3.8) is 0 Å². The molecule has 16 heavy (non-hydrogen) atoms. The van der Waals surface area contributed by atoms with E-state index >= 15 is 0 Å². The molecule has 0 radical (unpaired) electrons. The highest BCUT2D eigenvalue weighted by molar-refractivity contribution is 7.99. The van der Waals surface area contributed by atoms with Gasteiger partial charge >= 0.3 is 5.97 Å². The first-order chi connectivity index (χ1) is 7.70. The summed E-state index contributed by atoms with van der Waals surface area (Å²) >= 11 is 1.52. The number of nitrogen functional groups attached to an aromatic ring is 1. The Morgan fingerprint density at radius 2 is 2.31 bits per heavy atom. The molecule has 0 saturated heterocycles. The van der Waals surface area contributed by atoms with Gasteiger partial charge < -0.3 is 15.6 Å². The first kappa shape index (κ1) is 12.9. The molecular formula is C11H15NO3S. The monoisotopic (exact) mass is 241 g/mol. The largest absolute Gasteiger partial charge is 0.465 e. The molecular weight excluding hydrogens is 226 g/mol. The number of ether oxygens (including phenoxy) is 1. The summed E-state index contributed by atoms with van der Waals surface area (Å²) in [6.07, 6.45) is 0.701. The Bertz CT molecular complexity index is 368. The summed E-state index contributed by atoms with van der Waals surface area (Å²) in [5.74, 6) is 0.341. The molecule has 0 aliphatic rings. The third-order valence-electron chi connectivity index (χ3n) is 2.03. The van der Waals surface area contributed by atoms with Crippen LogP contribution >= 0.6 is 11.8 Å². The van der Waals surface area contributed by atoms with Crippen molar-refractivity contribution in [1.82, 2.24) is 0 Å². The first-order valence-corrected chi connectivity index (χ1v) is 5.89. The van der Waals surface area contributed by atoms with E-state index in [2.05, 4.69) is 4.74 Å². The number of carbonyl (C=O) groups excluding carboxylic acids is 1. The molecule has 0 saturated carbocycles. The number of methoxy groups -OCH3 is 1. The Balaban J connectivity index is 2.82. The van der Waals surface area contributed by atoms with E-state index in [4.69, 9.17) is 10.8 Å². The minimum Gasteiger partial charge on any atom is -0.465 e. The molecule has 88 valence electrons. The van der Waals surface area contributed by atoms with E-state index in [9.17, 15) is 4.79 Å². The van der Waals surface area contributed by atoms with Crippen LogP contribution in [0.25, 0.3) is 0 Å². The summed E-state index contributed by atoms with van der Waals surface area (Å²) in [6, 6.07) is 5.25. The number of aliphatic hydroxyl groups excluding tert-OH is 1. The number of para-hydroxylation sites is 1. The van der Waals surface area contributed by atoms with Crippen LogP contribution in [0.2, 0.25) is 0 Å². The van der Waals surface area contributed by atoms with Gasteiger partial charge in [-0.05, 0) is 18.6 Å². The van der Waals surface area contributed by atoms with E-state index in [1.807, 2.05) is 6.07 Å². The van der Waals surface area contributed by atoms with Gasteiger partial charge in [0.15, 0.2) is 0 Å². The van der Waals surface area contributed by atoms with E-state index < -0.39 is 5.97 Å². The molecule has 0 bridgehead atoms. The van der Waals surface area contributed by atoms with Crippen molar-refractivity contribution < 1.29 is 14.6 Å². The highest BCUT2D eigenvalue weighted by Gasteiger charge is 2.12. The summed E-state index contributed by atoms with van der Waals surface area (Å²) in [7, 11) is 1.33. The number of hydrogen-bond acceptors (Lipinski definition) is 5. The Hall–Kier alpha value is -1.20. The SMILES string of the molecule is COC(=O)c1cccc(SCCCO)c1N. The second kappa shape index (κ2) is 6.40. The van der Waals surface area contributed by atoms with Crippen LogP contribution in [0.5, 0.6) is 0 Å². The number of rotatable bonds is 5. The molecule has 0 aromatic heterocycles. The molecule has 0 heterocycles. The first-order valence-electron chi connectivity index (χ1n) is 4.91. The van der Waals surface area contributed by atoms with Crippen molar-refractivity contribution in [1.29, 1.82) is 0 Å². The third kappa shape index (κ3) is 3.15. The fourth-order valence-corrected chi connectivity index (χ4v) is 2.14. The topological polar surface area (TPSA) is 72.5 Å². The summed E-state index contributed by atoms with van der Waals surface area (Å²) in [5.41, 5.74) is 6.69. The van der Waals surface area contributed by atoms with E-state index in [1.165, 1.54) is 18.9 Å². The van der Waals surface area contributed by atoms with Crippen molar-refractivity contribution in [2.45, 2.75) is 11.3 Å². The van der Waals surface area contributed by atoms with E-state index in [0.29, 0.717) is 17.7 Å². The minimum atomic E-state index is -0.429. The summed E-state index contributed by atoms with van der Waals surface area (Å²) < 4.78 is 4.63. The second-order valence-electron chi connectivity index (χ2n) is 3.13. The van der Waals surface area contributed by atoms with Gasteiger partial charge in [-0.25, -0.2) is 4.79 Å². The number of thioether (sulfide) groups is 1. The molecule has 1 aromatic carbocycles. The number of esters is 1. The smallest absolute Gasteiger partial charge is 0.339 e. The van der Waals surface area contributed by atoms with E-state index in [0.717, 1.165) is 10.6 Å². The second-order valence-corrected chi connectivity index (χ2v) is 4.27. The predicted molar refractivity (Wildman–Crippen MR) is 64.6 cm³/mol. The molecule has 4 nitrogen and oxygen atoms in total. The molecule has 0 aliphatic heterocycles. The van der Waals surface area contributed by atoms with Gasteiger partial charge in [-0.1, -0.05) is 6.07 Å². The zero-order chi connectivity index (χ0) is 12.0. The van der Waals surface area contributed by atoms with E-state index in [1.54, 1.807) is 12.1 Å². The van der Waals surface area contributed by atoms with Gasteiger partial charge in [0.25, 0.3) is 0 Å². The molecule has 1 aromatic rings. The molecule has 0 atom stereocenters. The fourth-order valence-electron chi connectivity index (χ4n) is 1.20. The lowest BCUT2D eigenvalue weighted by molar-refractivity contribution is 0.0601. The minimum absolute atomic E-state index is 0.156. The molecule has 0 aliphatic carbocycles. The van der Waals surface area contributed by atoms with Crippen LogP contribution in [0.3, 0.4) is 0 Å². The van der Waals surface area contributed by atoms with Crippen LogP contribution in [0.15, 0.2) is 23.1 Å². The van der Waals surface area contributed by atoms with Gasteiger partial charge in [0.1, 0.15) is 0 Å². The van der Waals surface area contributed by atoms with Crippen molar-refractivity contribution in [2.75, 3.05) is 25.2 Å². The third-order valence-corrected chi connectivity index (χ3v) is 3.19. The van der Waals surface area contributed by atoms with Crippen LogP contribution in [0, 0.1) is 0 Å². The van der Waals surface area contributed by atoms with Crippen LogP contribution in [-0.2, 0) is 4.74 Å². The molecule has 0 fully saturated rings. The van der Waals surface area contributed by atoms with Crippen LogP contribution in [0.4, 0.5) is 5.69 Å². The number of aliphatic hydroxyl groups is 1. The average Bonchev–Trinajstić information content (AvgIpc) is 2.30. The normalized spacial score (nSPS) is 10.1. The van der Waals surface area contributed by atoms with Crippen molar-refractivity contribution in [2.24, 2.45) is 0 Å². The van der Waals surface area contributed by atoms with Gasteiger partial charge in [0.05, 0.1) is 18.4 Å². The fraction of sp³-hybridized carbons (Fsp3) is 0.364. The number of hydrogen-bond donors (Lipinski definition) is 2. The standard InChI is InChI=1S/C11H15NO3S/c1-15-11(14)8-4-2-5-9(10(8)12)16-7-3-6-13/h2,4-5,13H,3,6-7,12H2,1H3.